The smallest absolute Gasteiger partial charge is 0.258 e. The van der Waals surface area contributed by atoms with Crippen molar-refractivity contribution in [2.75, 3.05) is 46.6 Å². The van der Waals surface area contributed by atoms with E-state index in [0.29, 0.717) is 11.5 Å². The predicted molar refractivity (Wildman–Crippen MR) is 123 cm³/mol. The highest BCUT2D eigenvalue weighted by Gasteiger charge is 2.20. The normalized spacial score (nSPS) is 15.6. The zero-order chi connectivity index (χ0) is 22.1. The van der Waals surface area contributed by atoms with Crippen LogP contribution in [0.5, 0.6) is 11.5 Å². The summed E-state index contributed by atoms with van der Waals surface area (Å²) in [5.41, 5.74) is 3.29. The molecule has 6 nitrogen and oxygen atoms in total. The Morgan fingerprint density at radius 3 is 2.58 bits per heavy atom. The molecule has 166 valence electrons. The molecular weight excluding hydrogens is 392 g/mol. The fourth-order valence-corrected chi connectivity index (χ4v) is 3.55. The average molecular weight is 425 g/mol. The molecule has 1 aliphatic heterocycles. The highest BCUT2D eigenvalue weighted by Crippen LogP contribution is 2.28. The van der Waals surface area contributed by atoms with Gasteiger partial charge in [-0.3, -0.25) is 9.69 Å². The molecule has 0 spiro atoms. The van der Waals surface area contributed by atoms with Gasteiger partial charge in [-0.25, -0.2) is 0 Å². The van der Waals surface area contributed by atoms with Crippen LogP contribution in [0.4, 0.5) is 0 Å². The first-order valence-corrected chi connectivity index (χ1v) is 10.7. The number of morpholine rings is 1. The third-order valence-electron chi connectivity index (χ3n) is 5.26. The van der Waals surface area contributed by atoms with Gasteiger partial charge in [0, 0.05) is 19.6 Å². The van der Waals surface area contributed by atoms with E-state index in [1.165, 1.54) is 5.56 Å². The number of methoxy groups -OCH3 is 1. The highest BCUT2D eigenvalue weighted by atomic mass is 16.5. The van der Waals surface area contributed by atoms with Gasteiger partial charge in [0.15, 0.2) is 18.1 Å². The summed E-state index contributed by atoms with van der Waals surface area (Å²) in [6.45, 7) is 7.85. The van der Waals surface area contributed by atoms with Crippen molar-refractivity contribution in [3.63, 3.8) is 0 Å². The van der Waals surface area contributed by atoms with Crippen molar-refractivity contribution >= 4 is 12.0 Å². The van der Waals surface area contributed by atoms with Gasteiger partial charge in [0.25, 0.3) is 5.91 Å². The number of hydrogen-bond acceptors (Lipinski definition) is 5. The second-order valence-corrected chi connectivity index (χ2v) is 7.64. The number of hydrogen-bond donors (Lipinski definition) is 1. The predicted octanol–water partition coefficient (Wildman–Crippen LogP) is 3.61. The molecule has 6 heteroatoms. The molecule has 1 atom stereocenters. The second-order valence-electron chi connectivity index (χ2n) is 7.64. The minimum absolute atomic E-state index is 0.0786. The Bertz CT molecular complexity index is 874. The summed E-state index contributed by atoms with van der Waals surface area (Å²) in [7, 11) is 1.59. The van der Waals surface area contributed by atoms with E-state index in [4.69, 9.17) is 14.2 Å². The number of carbonyl (C=O) groups is 1. The van der Waals surface area contributed by atoms with E-state index in [0.717, 1.165) is 44.0 Å². The van der Waals surface area contributed by atoms with E-state index < -0.39 is 0 Å². The molecule has 1 amide bonds. The molecule has 1 aliphatic rings. The molecule has 0 saturated carbocycles. The van der Waals surface area contributed by atoms with Crippen molar-refractivity contribution in [3.05, 3.63) is 65.2 Å². The maximum Gasteiger partial charge on any atom is 0.258 e. The Morgan fingerprint density at radius 1 is 1.16 bits per heavy atom. The van der Waals surface area contributed by atoms with Crippen LogP contribution in [-0.2, 0) is 9.53 Å². The first-order chi connectivity index (χ1) is 15.1. The van der Waals surface area contributed by atoms with E-state index in [1.807, 2.05) is 37.3 Å². The first kappa shape index (κ1) is 22.8. The second kappa shape index (κ2) is 11.5. The average Bonchev–Trinajstić information content (AvgIpc) is 2.79. The van der Waals surface area contributed by atoms with Gasteiger partial charge in [-0.15, -0.1) is 0 Å². The molecular formula is C25H32N2O4. The topological polar surface area (TPSA) is 60.0 Å². The van der Waals surface area contributed by atoms with Crippen LogP contribution in [0.25, 0.3) is 6.08 Å². The van der Waals surface area contributed by atoms with Crippen LogP contribution in [0.1, 0.15) is 29.7 Å². The maximum atomic E-state index is 12.7. The summed E-state index contributed by atoms with van der Waals surface area (Å²) in [6.07, 6.45) is 3.94. The monoisotopic (exact) mass is 424 g/mol. The Hall–Kier alpha value is -2.83. The van der Waals surface area contributed by atoms with E-state index in [-0.39, 0.29) is 18.6 Å². The van der Waals surface area contributed by atoms with Gasteiger partial charge in [-0.2, -0.15) is 0 Å². The van der Waals surface area contributed by atoms with Gasteiger partial charge in [-0.05, 0) is 37.1 Å². The lowest BCUT2D eigenvalue weighted by atomic mass is 10.0. The molecule has 1 N–H and O–H groups in total. The number of nitrogens with one attached hydrogen (secondary N) is 1. The zero-order valence-corrected chi connectivity index (χ0v) is 18.6. The fraction of sp³-hybridized carbons (Fsp3) is 0.400. The highest BCUT2D eigenvalue weighted by molar-refractivity contribution is 5.78. The van der Waals surface area contributed by atoms with Crippen LogP contribution in [0.2, 0.25) is 0 Å². The molecule has 1 unspecified atom stereocenters. The summed E-state index contributed by atoms with van der Waals surface area (Å²) in [6, 6.07) is 13.8. The molecule has 1 fully saturated rings. The summed E-state index contributed by atoms with van der Waals surface area (Å²) in [5.74, 6) is 0.983. The molecule has 1 heterocycles. The third-order valence-corrected chi connectivity index (χ3v) is 5.26. The van der Waals surface area contributed by atoms with E-state index >= 15 is 0 Å². The molecule has 0 aliphatic carbocycles. The van der Waals surface area contributed by atoms with Crippen molar-refractivity contribution in [2.24, 2.45) is 0 Å². The minimum atomic E-state index is -0.168. The summed E-state index contributed by atoms with van der Waals surface area (Å²) >= 11 is 0. The lowest BCUT2D eigenvalue weighted by Gasteiger charge is -2.31. The molecule has 0 aromatic heterocycles. The number of amides is 1. The first-order valence-electron chi connectivity index (χ1n) is 10.7. The molecule has 0 radical (unpaired) electrons. The van der Waals surface area contributed by atoms with Gasteiger partial charge in [0.2, 0.25) is 0 Å². The molecule has 2 aromatic rings. The SMILES string of the molecule is C/C=C/c1ccc(OCC(=O)NC(CN2CCOCC2)c2ccc(C)cc2)c(OC)c1. The van der Waals surface area contributed by atoms with E-state index in [1.54, 1.807) is 7.11 Å². The van der Waals surface area contributed by atoms with Crippen LogP contribution in [0.3, 0.4) is 0 Å². The number of rotatable bonds is 9. The van der Waals surface area contributed by atoms with Crippen molar-refractivity contribution in [2.45, 2.75) is 19.9 Å². The molecule has 0 bridgehead atoms. The fourth-order valence-electron chi connectivity index (χ4n) is 3.55. The van der Waals surface area contributed by atoms with Crippen molar-refractivity contribution < 1.29 is 19.0 Å². The van der Waals surface area contributed by atoms with E-state index in [2.05, 4.69) is 41.4 Å². The number of aryl methyl sites for hydroxylation is 1. The number of allylic oxidation sites excluding steroid dienone is 1. The zero-order valence-electron chi connectivity index (χ0n) is 18.6. The number of benzene rings is 2. The molecule has 3 rings (SSSR count). The maximum absolute atomic E-state index is 12.7. The van der Waals surface area contributed by atoms with Crippen molar-refractivity contribution in [3.8, 4) is 11.5 Å². The molecule has 1 saturated heterocycles. The lowest BCUT2D eigenvalue weighted by Crippen LogP contribution is -2.44. The van der Waals surface area contributed by atoms with Crippen LogP contribution in [-0.4, -0.2) is 57.4 Å². The van der Waals surface area contributed by atoms with Crippen molar-refractivity contribution in [1.82, 2.24) is 10.2 Å². The standard InChI is InChI=1S/C25H32N2O4/c1-4-5-20-8-11-23(24(16-20)29-3)31-18-25(28)26-22(17-27-12-14-30-15-13-27)21-9-6-19(2)7-10-21/h4-11,16,22H,12-15,17-18H2,1-3H3,(H,26,28)/b5-4+. The summed E-state index contributed by atoms with van der Waals surface area (Å²) in [4.78, 5) is 15.1. The number of ether oxygens (including phenoxy) is 3. The van der Waals surface area contributed by atoms with Crippen LogP contribution in [0, 0.1) is 6.92 Å². The lowest BCUT2D eigenvalue weighted by molar-refractivity contribution is -0.124. The van der Waals surface area contributed by atoms with Gasteiger partial charge in [0.1, 0.15) is 0 Å². The van der Waals surface area contributed by atoms with Gasteiger partial charge < -0.3 is 19.5 Å². The van der Waals surface area contributed by atoms with Gasteiger partial charge in [0.05, 0.1) is 26.4 Å². The Morgan fingerprint density at radius 2 is 1.90 bits per heavy atom. The summed E-state index contributed by atoms with van der Waals surface area (Å²) < 4.78 is 16.6. The molecule has 31 heavy (non-hydrogen) atoms. The largest absolute Gasteiger partial charge is 0.493 e. The van der Waals surface area contributed by atoms with Crippen LogP contribution >= 0.6 is 0 Å². The van der Waals surface area contributed by atoms with Crippen LogP contribution in [0.15, 0.2) is 48.5 Å². The van der Waals surface area contributed by atoms with Gasteiger partial charge in [-0.1, -0.05) is 48.0 Å². The Balaban J connectivity index is 1.65. The van der Waals surface area contributed by atoms with E-state index in [9.17, 15) is 4.79 Å². The minimum Gasteiger partial charge on any atom is -0.493 e. The Kier molecular flexibility index (Phi) is 8.50. The third kappa shape index (κ3) is 6.84. The van der Waals surface area contributed by atoms with Crippen LogP contribution < -0.4 is 14.8 Å². The van der Waals surface area contributed by atoms with Gasteiger partial charge >= 0.3 is 0 Å². The number of nitrogens with zero attached hydrogens (tertiary/aromatic N) is 1. The number of carbonyl (C=O) groups excluding carboxylic acids is 1. The molecule has 2 aromatic carbocycles. The quantitative estimate of drug-likeness (QED) is 0.667. The Labute approximate surface area is 184 Å². The van der Waals surface area contributed by atoms with Crippen molar-refractivity contribution in [1.29, 1.82) is 0 Å². The summed E-state index contributed by atoms with van der Waals surface area (Å²) in [5, 5.41) is 3.14.